The summed E-state index contributed by atoms with van der Waals surface area (Å²) in [4.78, 5) is 13.5. The average molecular weight is 242 g/mol. The van der Waals surface area contributed by atoms with E-state index in [1.807, 2.05) is 0 Å². The number of aliphatic imine (C=N–C) groups is 1. The van der Waals surface area contributed by atoms with Crippen LogP contribution in [0.15, 0.2) is 11.1 Å². The molecule has 84 valence electrons. The molecule has 1 aliphatic heterocycles. The molecule has 2 rings (SSSR count). The van der Waals surface area contributed by atoms with E-state index < -0.39 is 0 Å². The Kier molecular flexibility index (Phi) is 2.99. The lowest BCUT2D eigenvalue weighted by Crippen LogP contribution is -2.16. The van der Waals surface area contributed by atoms with Crippen LogP contribution in [0, 0.1) is 0 Å². The number of ether oxygens (including phenoxy) is 2. The van der Waals surface area contributed by atoms with Crippen LogP contribution in [0.1, 0.15) is 5.56 Å². The predicted molar refractivity (Wildman–Crippen MR) is 55.9 cm³/mol. The van der Waals surface area contributed by atoms with Crippen molar-refractivity contribution in [2.75, 3.05) is 13.2 Å². The largest absolute Gasteiger partial charge is 0.506 e. The molecular weight excluding hydrogens is 234 g/mol. The third-order valence-electron chi connectivity index (χ3n) is 2.16. The molecule has 0 atom stereocenters. The van der Waals surface area contributed by atoms with E-state index in [9.17, 15) is 9.90 Å². The second-order valence-electron chi connectivity index (χ2n) is 3.12. The molecule has 0 saturated heterocycles. The number of nitrogens with zero attached hydrogens (tertiary/aromatic N) is 1. The van der Waals surface area contributed by atoms with Crippen molar-refractivity contribution < 1.29 is 19.4 Å². The smallest absolute Gasteiger partial charge is 0.235 e. The first kappa shape index (κ1) is 10.8. The van der Waals surface area contributed by atoms with Crippen LogP contribution in [0.5, 0.6) is 17.2 Å². The topological polar surface area (TPSA) is 68.1 Å². The monoisotopic (exact) mass is 241 g/mol. The normalized spacial score (nSPS) is 13.1. The number of phenolic OH excluding ortho intramolecular Hbond substituents is 1. The number of halogens is 1. The highest BCUT2D eigenvalue weighted by Gasteiger charge is 2.21. The highest BCUT2D eigenvalue weighted by atomic mass is 35.5. The Hall–Kier alpha value is -1.71. The Balaban J connectivity index is 2.53. The van der Waals surface area contributed by atoms with Crippen molar-refractivity contribution in [3.63, 3.8) is 0 Å². The molecule has 5 nitrogen and oxygen atoms in total. The summed E-state index contributed by atoms with van der Waals surface area (Å²) in [6.45, 7) is 0.762. The molecule has 6 heteroatoms. The van der Waals surface area contributed by atoms with Gasteiger partial charge in [-0.2, -0.15) is 0 Å². The fourth-order valence-corrected chi connectivity index (χ4v) is 1.68. The number of benzene rings is 1. The molecule has 1 heterocycles. The van der Waals surface area contributed by atoms with Crippen molar-refractivity contribution in [2.24, 2.45) is 4.99 Å². The van der Waals surface area contributed by atoms with Gasteiger partial charge < -0.3 is 14.6 Å². The van der Waals surface area contributed by atoms with Gasteiger partial charge in [0.25, 0.3) is 0 Å². The summed E-state index contributed by atoms with van der Waals surface area (Å²) >= 11 is 5.80. The first-order valence-electron chi connectivity index (χ1n) is 4.57. The van der Waals surface area contributed by atoms with Crippen molar-refractivity contribution in [3.05, 3.63) is 16.7 Å². The Morgan fingerprint density at radius 1 is 1.50 bits per heavy atom. The van der Waals surface area contributed by atoms with E-state index in [0.29, 0.717) is 30.3 Å². The molecule has 0 aromatic heterocycles. The molecule has 0 fully saturated rings. The number of phenols is 1. The summed E-state index contributed by atoms with van der Waals surface area (Å²) in [5, 5.41) is 9.86. The average Bonchev–Trinajstić information content (AvgIpc) is 2.30. The molecule has 0 amide bonds. The molecule has 1 aromatic rings. The molecule has 1 aromatic carbocycles. The zero-order chi connectivity index (χ0) is 11.5. The number of isocyanates is 1. The van der Waals surface area contributed by atoms with Crippen LogP contribution >= 0.6 is 11.6 Å². The summed E-state index contributed by atoms with van der Waals surface area (Å²) < 4.78 is 10.7. The maximum atomic E-state index is 10.1. The van der Waals surface area contributed by atoms with Crippen LogP contribution in [-0.2, 0) is 11.3 Å². The zero-order valence-corrected chi connectivity index (χ0v) is 8.95. The first-order valence-corrected chi connectivity index (χ1v) is 4.95. The van der Waals surface area contributed by atoms with E-state index in [1.165, 1.54) is 12.1 Å². The van der Waals surface area contributed by atoms with Crippen molar-refractivity contribution >= 4 is 17.7 Å². The minimum absolute atomic E-state index is 0.0401. The van der Waals surface area contributed by atoms with Gasteiger partial charge in [0.05, 0.1) is 17.1 Å². The van der Waals surface area contributed by atoms with Gasteiger partial charge in [0.2, 0.25) is 6.08 Å². The standard InChI is InChI=1S/C10H8ClNO4/c11-7-3-8-10(16-2-1-15-8)6(9(7)14)4-12-5-13/h3,14H,1-2,4H2. The van der Waals surface area contributed by atoms with Crippen LogP contribution < -0.4 is 9.47 Å². The number of rotatable bonds is 2. The van der Waals surface area contributed by atoms with Crippen molar-refractivity contribution in [1.29, 1.82) is 0 Å². The maximum Gasteiger partial charge on any atom is 0.235 e. The van der Waals surface area contributed by atoms with Gasteiger partial charge >= 0.3 is 0 Å². The molecule has 0 bridgehead atoms. The number of carbonyl (C=O) groups excluding carboxylic acids is 1. The molecule has 0 unspecified atom stereocenters. The lowest BCUT2D eigenvalue weighted by Gasteiger charge is -2.21. The molecule has 0 aliphatic carbocycles. The van der Waals surface area contributed by atoms with Gasteiger partial charge in [0, 0.05) is 6.07 Å². The van der Waals surface area contributed by atoms with Gasteiger partial charge in [0.15, 0.2) is 11.5 Å². The molecule has 0 saturated carbocycles. The summed E-state index contributed by atoms with van der Waals surface area (Å²) in [6, 6.07) is 1.47. The summed E-state index contributed by atoms with van der Waals surface area (Å²) in [7, 11) is 0. The molecule has 16 heavy (non-hydrogen) atoms. The van der Waals surface area contributed by atoms with Crippen LogP contribution in [0.2, 0.25) is 5.02 Å². The number of hydrogen-bond acceptors (Lipinski definition) is 5. The number of aromatic hydroxyl groups is 1. The van der Waals surface area contributed by atoms with Crippen molar-refractivity contribution in [1.82, 2.24) is 0 Å². The Morgan fingerprint density at radius 2 is 2.25 bits per heavy atom. The minimum atomic E-state index is -0.148. The fraction of sp³-hybridized carbons (Fsp3) is 0.300. The van der Waals surface area contributed by atoms with E-state index in [2.05, 4.69) is 4.99 Å². The highest BCUT2D eigenvalue weighted by molar-refractivity contribution is 6.32. The van der Waals surface area contributed by atoms with E-state index in [4.69, 9.17) is 21.1 Å². The lowest BCUT2D eigenvalue weighted by atomic mass is 10.1. The van der Waals surface area contributed by atoms with Crippen LogP contribution in [0.3, 0.4) is 0 Å². The number of hydrogen-bond donors (Lipinski definition) is 1. The molecule has 1 N–H and O–H groups in total. The highest BCUT2D eigenvalue weighted by Crippen LogP contribution is 2.43. The van der Waals surface area contributed by atoms with E-state index >= 15 is 0 Å². The third kappa shape index (κ3) is 1.83. The minimum Gasteiger partial charge on any atom is -0.506 e. The van der Waals surface area contributed by atoms with E-state index in [-0.39, 0.29) is 17.3 Å². The Labute approximate surface area is 96.3 Å². The Morgan fingerprint density at radius 3 is 3.00 bits per heavy atom. The lowest BCUT2D eigenvalue weighted by molar-refractivity contribution is 0.169. The molecule has 0 spiro atoms. The van der Waals surface area contributed by atoms with Crippen LogP contribution in [-0.4, -0.2) is 24.4 Å². The van der Waals surface area contributed by atoms with Gasteiger partial charge in [0.1, 0.15) is 19.0 Å². The number of fused-ring (bicyclic) bond motifs is 1. The van der Waals surface area contributed by atoms with Crippen molar-refractivity contribution in [2.45, 2.75) is 6.54 Å². The van der Waals surface area contributed by atoms with Gasteiger partial charge in [-0.25, -0.2) is 9.79 Å². The van der Waals surface area contributed by atoms with Gasteiger partial charge in [-0.3, -0.25) is 0 Å². The second-order valence-corrected chi connectivity index (χ2v) is 3.52. The van der Waals surface area contributed by atoms with Gasteiger partial charge in [-0.1, -0.05) is 11.6 Å². The van der Waals surface area contributed by atoms with Crippen LogP contribution in [0.4, 0.5) is 0 Å². The van der Waals surface area contributed by atoms with Crippen molar-refractivity contribution in [3.8, 4) is 17.2 Å². The Bertz CT molecular complexity index is 468. The molecule has 0 radical (unpaired) electrons. The third-order valence-corrected chi connectivity index (χ3v) is 2.44. The molecular formula is C10H8ClNO4. The fourth-order valence-electron chi connectivity index (χ4n) is 1.47. The predicted octanol–water partition coefficient (Wildman–Crippen LogP) is 1.65. The first-order chi connectivity index (χ1) is 7.74. The maximum absolute atomic E-state index is 10.1. The van der Waals surface area contributed by atoms with E-state index in [0.717, 1.165) is 0 Å². The van der Waals surface area contributed by atoms with Gasteiger partial charge in [-0.15, -0.1) is 0 Å². The van der Waals surface area contributed by atoms with Crippen LogP contribution in [0.25, 0.3) is 0 Å². The second kappa shape index (κ2) is 4.43. The van der Waals surface area contributed by atoms with Gasteiger partial charge in [-0.05, 0) is 0 Å². The SMILES string of the molecule is O=C=NCc1c(O)c(Cl)cc2c1OCCO2. The summed E-state index contributed by atoms with van der Waals surface area (Å²) in [5.74, 6) is 0.683. The van der Waals surface area contributed by atoms with E-state index in [1.54, 1.807) is 0 Å². The summed E-state index contributed by atoms with van der Waals surface area (Å²) in [5.41, 5.74) is 0.338. The molecule has 1 aliphatic rings. The quantitative estimate of drug-likeness (QED) is 0.632. The summed E-state index contributed by atoms with van der Waals surface area (Å²) in [6.07, 6.45) is 1.39. The zero-order valence-electron chi connectivity index (χ0n) is 8.20.